The molecule has 3 rings (SSSR count). The molecule has 0 bridgehead atoms. The van der Waals surface area contributed by atoms with Gasteiger partial charge in [0.1, 0.15) is 0 Å². The Morgan fingerprint density at radius 3 is 2.81 bits per heavy atom. The molecule has 0 saturated carbocycles. The van der Waals surface area contributed by atoms with Crippen LogP contribution in [0.1, 0.15) is 61.8 Å². The Balaban J connectivity index is 1.91. The number of nitrogens with zero attached hydrogens (tertiary/aromatic N) is 2. The fraction of sp³-hybridized carbons (Fsp3) is 0.722. The third-order valence-electron chi connectivity index (χ3n) is 5.30. The van der Waals surface area contributed by atoms with Crippen LogP contribution in [0.4, 0.5) is 0 Å². The van der Waals surface area contributed by atoms with Crippen LogP contribution in [0.5, 0.6) is 0 Å². The van der Waals surface area contributed by atoms with E-state index < -0.39 is 0 Å². The van der Waals surface area contributed by atoms with Crippen molar-refractivity contribution < 1.29 is 4.79 Å². The van der Waals surface area contributed by atoms with Crippen LogP contribution in [0, 0.1) is 12.3 Å². The van der Waals surface area contributed by atoms with E-state index in [1.807, 2.05) is 0 Å². The second kappa shape index (κ2) is 5.28. The normalized spacial score (nSPS) is 25.3. The van der Waals surface area contributed by atoms with Crippen LogP contribution in [0.15, 0.2) is 6.07 Å². The number of aryl methyl sites for hydroxylation is 1. The summed E-state index contributed by atoms with van der Waals surface area (Å²) in [6, 6.07) is 2.77. The first-order valence-electron chi connectivity index (χ1n) is 8.37. The Morgan fingerprint density at radius 1 is 1.33 bits per heavy atom. The SMILES string of the molecule is CCN1CCCC1Cn1c(C)cc2c1CC(C)(C)CC2=O. The molecule has 1 aromatic heterocycles. The van der Waals surface area contributed by atoms with Crippen molar-refractivity contribution in [1.29, 1.82) is 0 Å². The lowest BCUT2D eigenvalue weighted by Crippen LogP contribution is -2.35. The molecule has 3 nitrogen and oxygen atoms in total. The third kappa shape index (κ3) is 2.68. The van der Waals surface area contributed by atoms with E-state index in [-0.39, 0.29) is 5.41 Å². The highest BCUT2D eigenvalue weighted by Gasteiger charge is 2.34. The number of likely N-dealkylation sites (tertiary alicyclic amines) is 1. The van der Waals surface area contributed by atoms with Crippen molar-refractivity contribution in [1.82, 2.24) is 9.47 Å². The summed E-state index contributed by atoms with van der Waals surface area (Å²) in [6.07, 6.45) is 4.32. The maximum atomic E-state index is 12.4. The van der Waals surface area contributed by atoms with Gasteiger partial charge in [0.15, 0.2) is 5.78 Å². The van der Waals surface area contributed by atoms with E-state index >= 15 is 0 Å². The number of Topliss-reactive ketones (excluding diaryl/α,β-unsaturated/α-hetero) is 1. The molecule has 1 fully saturated rings. The molecular weight excluding hydrogens is 260 g/mol. The Bertz CT molecular complexity index is 556. The van der Waals surface area contributed by atoms with Crippen molar-refractivity contribution in [2.45, 2.75) is 66.0 Å². The van der Waals surface area contributed by atoms with Crippen molar-refractivity contribution in [2.75, 3.05) is 13.1 Å². The minimum Gasteiger partial charge on any atom is -0.347 e. The Labute approximate surface area is 128 Å². The fourth-order valence-electron chi connectivity index (χ4n) is 4.19. The van der Waals surface area contributed by atoms with E-state index in [0.29, 0.717) is 18.2 Å². The van der Waals surface area contributed by atoms with Gasteiger partial charge in [-0.2, -0.15) is 0 Å². The van der Waals surface area contributed by atoms with Gasteiger partial charge in [-0.1, -0.05) is 20.8 Å². The number of rotatable bonds is 3. The smallest absolute Gasteiger partial charge is 0.165 e. The number of carbonyl (C=O) groups is 1. The largest absolute Gasteiger partial charge is 0.347 e. The van der Waals surface area contributed by atoms with E-state index in [2.05, 4.69) is 43.2 Å². The van der Waals surface area contributed by atoms with E-state index in [1.165, 1.54) is 30.8 Å². The predicted octanol–water partition coefficient (Wildman–Crippen LogP) is 3.44. The van der Waals surface area contributed by atoms with Gasteiger partial charge >= 0.3 is 0 Å². The Kier molecular flexibility index (Phi) is 3.73. The van der Waals surface area contributed by atoms with Gasteiger partial charge in [-0.15, -0.1) is 0 Å². The van der Waals surface area contributed by atoms with Crippen molar-refractivity contribution >= 4 is 5.78 Å². The molecule has 0 amide bonds. The van der Waals surface area contributed by atoms with E-state index in [1.54, 1.807) is 0 Å². The topological polar surface area (TPSA) is 25.2 Å². The monoisotopic (exact) mass is 288 g/mol. The van der Waals surface area contributed by atoms with Gasteiger partial charge in [0.2, 0.25) is 0 Å². The number of hydrogen-bond donors (Lipinski definition) is 0. The zero-order valence-electron chi connectivity index (χ0n) is 13.9. The summed E-state index contributed by atoms with van der Waals surface area (Å²) in [4.78, 5) is 15.0. The lowest BCUT2D eigenvalue weighted by atomic mass is 9.76. The third-order valence-corrected chi connectivity index (χ3v) is 5.30. The molecule has 0 radical (unpaired) electrons. The molecule has 21 heavy (non-hydrogen) atoms. The van der Waals surface area contributed by atoms with E-state index in [9.17, 15) is 4.79 Å². The predicted molar refractivity (Wildman–Crippen MR) is 85.9 cm³/mol. The van der Waals surface area contributed by atoms with Crippen molar-refractivity contribution in [3.05, 3.63) is 23.0 Å². The average Bonchev–Trinajstić information content (AvgIpc) is 2.96. The molecule has 3 heteroatoms. The molecule has 1 atom stereocenters. The number of likely N-dealkylation sites (N-methyl/N-ethyl adjacent to an activating group) is 1. The Hall–Kier alpha value is -1.09. The zero-order chi connectivity index (χ0) is 15.2. The molecule has 116 valence electrons. The van der Waals surface area contributed by atoms with Gasteiger partial charge in [-0.25, -0.2) is 0 Å². The van der Waals surface area contributed by atoms with Gasteiger partial charge in [-0.3, -0.25) is 9.69 Å². The second-order valence-electron chi connectivity index (χ2n) is 7.62. The number of hydrogen-bond acceptors (Lipinski definition) is 2. The molecule has 1 unspecified atom stereocenters. The lowest BCUT2D eigenvalue weighted by Gasteiger charge is -2.31. The van der Waals surface area contributed by atoms with Gasteiger partial charge in [0.05, 0.1) is 0 Å². The van der Waals surface area contributed by atoms with Crippen LogP contribution in [0.25, 0.3) is 0 Å². The molecule has 0 aromatic carbocycles. The van der Waals surface area contributed by atoms with Crippen LogP contribution in [0.3, 0.4) is 0 Å². The molecule has 0 N–H and O–H groups in total. The summed E-state index contributed by atoms with van der Waals surface area (Å²) in [6.45, 7) is 12.3. The highest BCUT2D eigenvalue weighted by Crippen LogP contribution is 2.36. The average molecular weight is 288 g/mol. The zero-order valence-corrected chi connectivity index (χ0v) is 13.9. The molecule has 1 saturated heterocycles. The minimum atomic E-state index is 0.104. The first-order chi connectivity index (χ1) is 9.91. The fourth-order valence-corrected chi connectivity index (χ4v) is 4.19. The van der Waals surface area contributed by atoms with Crippen molar-refractivity contribution in [3.8, 4) is 0 Å². The van der Waals surface area contributed by atoms with Crippen LogP contribution in [0.2, 0.25) is 0 Å². The molecule has 1 aromatic rings. The molecule has 2 aliphatic rings. The van der Waals surface area contributed by atoms with Gasteiger partial charge in [-0.05, 0) is 50.8 Å². The minimum absolute atomic E-state index is 0.104. The number of carbonyl (C=O) groups excluding carboxylic acids is 1. The van der Waals surface area contributed by atoms with Gasteiger partial charge < -0.3 is 4.57 Å². The van der Waals surface area contributed by atoms with Gasteiger partial charge in [0.25, 0.3) is 0 Å². The van der Waals surface area contributed by atoms with Crippen LogP contribution in [-0.2, 0) is 13.0 Å². The van der Waals surface area contributed by atoms with E-state index in [4.69, 9.17) is 0 Å². The highest BCUT2D eigenvalue weighted by atomic mass is 16.1. The first kappa shape index (κ1) is 14.8. The summed E-state index contributed by atoms with van der Waals surface area (Å²) in [7, 11) is 0. The summed E-state index contributed by atoms with van der Waals surface area (Å²) in [5.74, 6) is 0.335. The molecular formula is C18H28N2O. The Morgan fingerprint density at radius 2 is 2.10 bits per heavy atom. The first-order valence-corrected chi connectivity index (χ1v) is 8.37. The molecule has 2 heterocycles. The van der Waals surface area contributed by atoms with Crippen LogP contribution < -0.4 is 0 Å². The summed E-state index contributed by atoms with van der Waals surface area (Å²) in [5, 5.41) is 0. The number of fused-ring (bicyclic) bond motifs is 1. The standard InChI is InChI=1S/C18H28N2O/c1-5-19-8-6-7-14(19)12-20-13(2)9-15-16(20)10-18(3,4)11-17(15)21/h9,14H,5-8,10-12H2,1-4H3. The van der Waals surface area contributed by atoms with Crippen LogP contribution in [-0.4, -0.2) is 34.4 Å². The molecule has 1 aliphatic heterocycles. The summed E-state index contributed by atoms with van der Waals surface area (Å²) >= 11 is 0. The van der Waals surface area contributed by atoms with Crippen LogP contribution >= 0.6 is 0 Å². The number of ketones is 1. The molecule has 0 spiro atoms. The highest BCUT2D eigenvalue weighted by molar-refractivity contribution is 5.99. The van der Waals surface area contributed by atoms with Crippen molar-refractivity contribution in [3.63, 3.8) is 0 Å². The van der Waals surface area contributed by atoms with Crippen molar-refractivity contribution in [2.24, 2.45) is 5.41 Å². The summed E-state index contributed by atoms with van der Waals surface area (Å²) in [5.41, 5.74) is 3.64. The maximum absolute atomic E-state index is 12.4. The molecule has 1 aliphatic carbocycles. The lowest BCUT2D eigenvalue weighted by molar-refractivity contribution is 0.0909. The quantitative estimate of drug-likeness (QED) is 0.851. The summed E-state index contributed by atoms with van der Waals surface area (Å²) < 4.78 is 2.44. The van der Waals surface area contributed by atoms with Gasteiger partial charge in [0, 0.05) is 36.0 Å². The van der Waals surface area contributed by atoms with E-state index in [0.717, 1.165) is 25.1 Å². The number of aromatic nitrogens is 1. The maximum Gasteiger partial charge on any atom is 0.165 e. The second-order valence-corrected chi connectivity index (χ2v) is 7.62.